The lowest BCUT2D eigenvalue weighted by Crippen LogP contribution is -2.06. The molecule has 0 spiro atoms. The summed E-state index contributed by atoms with van der Waals surface area (Å²) in [5.74, 6) is 4.57. The van der Waals surface area contributed by atoms with Crippen LogP contribution in [0.15, 0.2) is 170 Å². The van der Waals surface area contributed by atoms with Crippen molar-refractivity contribution >= 4 is 111 Å². The van der Waals surface area contributed by atoms with Crippen molar-refractivity contribution in [1.29, 1.82) is 0 Å². The van der Waals surface area contributed by atoms with Crippen LogP contribution in [0, 0.1) is 5.82 Å². The van der Waals surface area contributed by atoms with Gasteiger partial charge in [-0.3, -0.25) is 0 Å². The van der Waals surface area contributed by atoms with Crippen molar-refractivity contribution in [2.24, 2.45) is 0 Å². The molecular formula is C85H89FN16O7. The molecule has 0 saturated heterocycles. The molecule has 0 amide bonds. The fourth-order valence-corrected chi connectivity index (χ4v) is 14.0. The van der Waals surface area contributed by atoms with E-state index in [0.717, 1.165) is 188 Å². The molecule has 0 fully saturated rings. The lowest BCUT2D eigenvalue weighted by Gasteiger charge is -2.12. The largest absolute Gasteiger partial charge is 0.505 e. The molecule has 0 unspecified atom stereocenters. The maximum Gasteiger partial charge on any atom is 0.165 e. The SMILES string of the molecule is CCCCc1nc2c(N)nc3ccccc3c2n1Cc1ccc(O)c(F)c1.CCCCc1nc2c(N)nc3ccccc3c2n1Cc1ccc(O)c(O)c1.CCCCc1nc2c(N)nc3ccccc3c2n1Cc1ccc(O)c(OC)c1.CCCCc1nc2c(N)nc3ccccc3c2n1Cc1cccc(O)c1O. The lowest BCUT2D eigenvalue weighted by atomic mass is 10.1. The van der Waals surface area contributed by atoms with Gasteiger partial charge in [0.25, 0.3) is 0 Å². The molecule has 14 N–H and O–H groups in total. The topological polar surface area (TPSA) is 358 Å². The number of unbranched alkanes of at least 4 members (excludes halogenated alkanes) is 4. The number of aromatic nitrogens is 12. The molecule has 8 aromatic carbocycles. The molecule has 8 heterocycles. The van der Waals surface area contributed by atoms with Gasteiger partial charge in [-0.2, -0.15) is 0 Å². The summed E-state index contributed by atoms with van der Waals surface area (Å²) >= 11 is 0. The summed E-state index contributed by atoms with van der Waals surface area (Å²) in [4.78, 5) is 37.2. The van der Waals surface area contributed by atoms with E-state index in [9.17, 15) is 35.0 Å². The molecule has 23 nitrogen and oxygen atoms in total. The minimum Gasteiger partial charge on any atom is -0.505 e. The van der Waals surface area contributed by atoms with Gasteiger partial charge in [-0.1, -0.05) is 157 Å². The normalized spacial score (nSPS) is 11.4. The Morgan fingerprint density at radius 2 is 0.670 bits per heavy atom. The maximum atomic E-state index is 13.8. The van der Waals surface area contributed by atoms with Gasteiger partial charge >= 0.3 is 0 Å². The molecule has 558 valence electrons. The number of nitrogens with zero attached hydrogens (tertiary/aromatic N) is 12. The van der Waals surface area contributed by atoms with E-state index in [1.54, 1.807) is 43.5 Å². The van der Waals surface area contributed by atoms with E-state index in [4.69, 9.17) is 47.6 Å². The van der Waals surface area contributed by atoms with Gasteiger partial charge in [-0.05, 0) is 109 Å². The van der Waals surface area contributed by atoms with Crippen molar-refractivity contribution in [3.8, 4) is 40.2 Å². The van der Waals surface area contributed by atoms with E-state index in [-0.39, 0.29) is 34.5 Å². The first-order chi connectivity index (χ1) is 52.9. The predicted octanol–water partition coefficient (Wildman–Crippen LogP) is 16.6. The van der Waals surface area contributed by atoms with Crippen molar-refractivity contribution in [3.05, 3.63) is 221 Å². The van der Waals surface area contributed by atoms with Gasteiger partial charge in [0.05, 0.1) is 57.8 Å². The van der Waals surface area contributed by atoms with E-state index in [2.05, 4.69) is 72.0 Å². The van der Waals surface area contributed by atoms with Crippen LogP contribution in [0.4, 0.5) is 27.7 Å². The average Bonchev–Trinajstić information content (AvgIpc) is 1.66. The number of aryl methyl sites for hydroxylation is 4. The van der Waals surface area contributed by atoms with Crippen molar-refractivity contribution in [2.75, 3.05) is 30.0 Å². The van der Waals surface area contributed by atoms with E-state index >= 15 is 0 Å². The quantitative estimate of drug-likeness (QED) is 0.0299. The van der Waals surface area contributed by atoms with Crippen LogP contribution in [-0.2, 0) is 51.9 Å². The zero-order chi connectivity index (χ0) is 76.6. The number of rotatable bonds is 21. The summed E-state index contributed by atoms with van der Waals surface area (Å²) in [7, 11) is 1.55. The standard InChI is InChI=1S/C22H24N4O2.C21H21FN4O.2C21H22N4O2/c1-3-4-9-19-25-20-21(15-7-5-6-8-16(15)24-22(20)23)26(19)13-14-10-11-17(27)18(12-14)28-2;1-2-3-8-18-25-19-20(14-6-4-5-7-16(14)24-21(19)23)26(18)12-13-9-10-17(27)15(22)11-13;1-2-3-11-17-24-18-19(14-8-4-5-9-15(14)23-21(18)22)25(17)12-13-7-6-10-16(26)20(13)27;1-2-3-8-18-24-19-20(14-6-4-5-7-15(14)23-21(19)22)25(18)12-13-9-10-16(26)17(27)11-13/h5-8,10-12,27H,3-4,9,13H2,1-2H3,(H2,23,24);4-7,9-11,27H,2-3,8,12H2,1H3,(H2,23,24);4-10,26-27H,2-3,11-12H2,1H3,(H2,22,23);4-7,9-11,26-27H,2-3,8,12H2,1H3,(H2,22,23). The number of fused-ring (bicyclic) bond motifs is 12. The highest BCUT2D eigenvalue weighted by molar-refractivity contribution is 6.09. The minimum atomic E-state index is -0.627. The smallest absolute Gasteiger partial charge is 0.165 e. The average molecular weight is 1470 g/mol. The number of halogens is 1. The Morgan fingerprint density at radius 3 is 1.02 bits per heavy atom. The summed E-state index contributed by atoms with van der Waals surface area (Å²) in [5, 5.41) is 63.0. The molecule has 0 bridgehead atoms. The van der Waals surface area contributed by atoms with Crippen LogP contribution in [0.25, 0.3) is 87.7 Å². The number of ether oxygens (including phenoxy) is 1. The summed E-state index contributed by atoms with van der Waals surface area (Å²) in [6.45, 7) is 10.6. The number of hydrogen-bond donors (Lipinski definition) is 10. The highest BCUT2D eigenvalue weighted by Gasteiger charge is 2.24. The molecule has 24 heteroatoms. The van der Waals surface area contributed by atoms with Crippen molar-refractivity contribution in [2.45, 2.75) is 131 Å². The second-order valence-electron chi connectivity index (χ2n) is 27.1. The highest BCUT2D eigenvalue weighted by Crippen LogP contribution is 2.38. The number of methoxy groups -OCH3 is 1. The number of aromatic hydroxyl groups is 6. The zero-order valence-electron chi connectivity index (χ0n) is 61.6. The zero-order valence-corrected chi connectivity index (χ0v) is 61.6. The van der Waals surface area contributed by atoms with Gasteiger partial charge in [-0.15, -0.1) is 0 Å². The fraction of sp³-hybridized carbons (Fsp3) is 0.247. The number of hydrogen-bond acceptors (Lipinski definition) is 19. The summed E-state index contributed by atoms with van der Waals surface area (Å²) in [6, 6.07) is 51.3. The third kappa shape index (κ3) is 15.5. The monoisotopic (exact) mass is 1460 g/mol. The Kier molecular flexibility index (Phi) is 22.4. The second-order valence-corrected chi connectivity index (χ2v) is 27.1. The molecule has 0 saturated carbocycles. The molecule has 0 aliphatic heterocycles. The van der Waals surface area contributed by atoms with Crippen LogP contribution in [-0.4, -0.2) is 95.9 Å². The van der Waals surface area contributed by atoms with E-state index in [1.807, 2.05) is 103 Å². The number of nitrogens with two attached hydrogens (primary N) is 4. The van der Waals surface area contributed by atoms with Crippen LogP contribution >= 0.6 is 0 Å². The highest BCUT2D eigenvalue weighted by atomic mass is 19.1. The number of pyridine rings is 4. The maximum absolute atomic E-state index is 13.8. The number of benzene rings is 8. The van der Waals surface area contributed by atoms with Crippen molar-refractivity contribution < 1.29 is 39.8 Å². The van der Waals surface area contributed by atoms with Gasteiger partial charge in [0.2, 0.25) is 0 Å². The van der Waals surface area contributed by atoms with E-state index < -0.39 is 5.82 Å². The first-order valence-electron chi connectivity index (χ1n) is 36.9. The molecule has 8 aromatic heterocycles. The van der Waals surface area contributed by atoms with E-state index in [1.165, 1.54) is 24.3 Å². The number of imidazole rings is 4. The molecule has 109 heavy (non-hydrogen) atoms. The molecule has 0 aliphatic carbocycles. The Morgan fingerprint density at radius 1 is 0.339 bits per heavy atom. The van der Waals surface area contributed by atoms with E-state index in [0.29, 0.717) is 77.3 Å². The van der Waals surface area contributed by atoms with Crippen LogP contribution in [0.5, 0.6) is 40.2 Å². The van der Waals surface area contributed by atoms with Crippen LogP contribution in [0.2, 0.25) is 0 Å². The molecule has 0 aliphatic rings. The van der Waals surface area contributed by atoms with Crippen molar-refractivity contribution in [1.82, 2.24) is 58.1 Å². The number of para-hydroxylation sites is 5. The summed E-state index contributed by atoms with van der Waals surface area (Å²) < 4.78 is 27.7. The third-order valence-electron chi connectivity index (χ3n) is 19.5. The number of anilines is 4. The molecule has 16 rings (SSSR count). The third-order valence-corrected chi connectivity index (χ3v) is 19.5. The Bertz CT molecular complexity index is 5830. The Hall–Kier alpha value is -13.0. The minimum absolute atomic E-state index is 0.105. The first-order valence-corrected chi connectivity index (χ1v) is 36.9. The Balaban J connectivity index is 0.000000128. The van der Waals surface area contributed by atoms with Gasteiger partial charge in [0.1, 0.15) is 45.4 Å². The van der Waals surface area contributed by atoms with Crippen molar-refractivity contribution in [3.63, 3.8) is 0 Å². The van der Waals surface area contributed by atoms with Gasteiger partial charge in [-0.25, -0.2) is 44.3 Å². The van der Waals surface area contributed by atoms with Gasteiger partial charge in [0, 0.05) is 72.4 Å². The summed E-state index contributed by atoms with van der Waals surface area (Å²) in [6.07, 6.45) is 11.6. The Labute approximate surface area is 628 Å². The van der Waals surface area contributed by atoms with Gasteiger partial charge < -0.3 is 76.6 Å². The number of phenolic OH excluding ortho intramolecular Hbond substituents is 6. The summed E-state index contributed by atoms with van der Waals surface area (Å²) in [5.41, 5.74) is 38.0. The molecule has 0 atom stereocenters. The molecular weight excluding hydrogens is 1380 g/mol. The van der Waals surface area contributed by atoms with Crippen LogP contribution in [0.3, 0.4) is 0 Å². The first kappa shape index (κ1) is 74.3. The van der Waals surface area contributed by atoms with Gasteiger partial charge in [0.15, 0.2) is 69.3 Å². The van der Waals surface area contributed by atoms with Crippen LogP contribution < -0.4 is 27.7 Å². The van der Waals surface area contributed by atoms with Crippen LogP contribution in [0.1, 0.15) is 125 Å². The number of nitrogen functional groups attached to an aromatic ring is 4. The molecule has 16 aromatic rings. The second kappa shape index (κ2) is 32.8. The fourth-order valence-electron chi connectivity index (χ4n) is 14.0. The predicted molar refractivity (Wildman–Crippen MR) is 431 cm³/mol. The molecule has 0 radical (unpaired) electrons. The lowest BCUT2D eigenvalue weighted by molar-refractivity contribution is 0.373. The number of phenols is 6.